The van der Waals surface area contributed by atoms with Gasteiger partial charge in [-0.15, -0.1) is 10.2 Å². The molecule has 128 valence electrons. The fourth-order valence-corrected chi connectivity index (χ4v) is 5.14. The van der Waals surface area contributed by atoms with Crippen molar-refractivity contribution in [1.29, 1.82) is 0 Å². The van der Waals surface area contributed by atoms with Crippen molar-refractivity contribution in [2.45, 2.75) is 24.1 Å². The van der Waals surface area contributed by atoms with Gasteiger partial charge in [-0.3, -0.25) is 9.78 Å². The molecule has 0 unspecified atom stereocenters. The third-order valence-corrected chi connectivity index (χ3v) is 6.31. The zero-order valence-electron chi connectivity index (χ0n) is 12.9. The summed E-state index contributed by atoms with van der Waals surface area (Å²) in [7, 11) is -3.06. The molecule has 3 heterocycles. The standard InChI is InChI=1S/C14H16N4O4S2/c1-14(4-6-24(20,21)9-14)16-11(19)8-23-13-18-17-12(22-13)10-3-2-5-15-7-10/h2-3,5,7H,4,6,8-9H2,1H3,(H,16,19)/t14-/m0/s1. The molecular formula is C14H16N4O4S2. The van der Waals surface area contributed by atoms with E-state index in [1.54, 1.807) is 31.5 Å². The van der Waals surface area contributed by atoms with E-state index in [0.717, 1.165) is 11.8 Å². The monoisotopic (exact) mass is 368 g/mol. The number of hydrogen-bond acceptors (Lipinski definition) is 8. The van der Waals surface area contributed by atoms with Gasteiger partial charge in [0.25, 0.3) is 5.22 Å². The summed E-state index contributed by atoms with van der Waals surface area (Å²) in [4.78, 5) is 16.0. The quantitative estimate of drug-likeness (QED) is 0.775. The van der Waals surface area contributed by atoms with Crippen LogP contribution in [0.15, 0.2) is 34.2 Å². The summed E-state index contributed by atoms with van der Waals surface area (Å²) in [6.07, 6.45) is 3.68. The molecule has 1 aliphatic rings. The first-order chi connectivity index (χ1) is 11.4. The normalized spacial score (nSPS) is 22.4. The Morgan fingerprint density at radius 3 is 2.96 bits per heavy atom. The molecule has 0 aromatic carbocycles. The molecule has 1 saturated heterocycles. The Bertz CT molecular complexity index is 837. The molecule has 0 radical (unpaired) electrons. The molecule has 1 atom stereocenters. The molecule has 1 fully saturated rings. The lowest BCUT2D eigenvalue weighted by Gasteiger charge is -2.23. The second-order valence-corrected chi connectivity index (χ2v) is 8.97. The number of carbonyl (C=O) groups is 1. The first-order valence-corrected chi connectivity index (χ1v) is 10.0. The highest BCUT2D eigenvalue weighted by molar-refractivity contribution is 7.99. The predicted octanol–water partition coefficient (Wildman–Crippen LogP) is 0.917. The highest BCUT2D eigenvalue weighted by Gasteiger charge is 2.39. The lowest BCUT2D eigenvalue weighted by atomic mass is 10.0. The molecule has 8 nitrogen and oxygen atoms in total. The summed E-state index contributed by atoms with van der Waals surface area (Å²) < 4.78 is 28.6. The van der Waals surface area contributed by atoms with Crippen molar-refractivity contribution < 1.29 is 17.6 Å². The number of sulfone groups is 1. The van der Waals surface area contributed by atoms with Crippen molar-refractivity contribution >= 4 is 27.5 Å². The van der Waals surface area contributed by atoms with Gasteiger partial charge in [-0.25, -0.2) is 8.42 Å². The molecule has 2 aromatic rings. The van der Waals surface area contributed by atoms with Gasteiger partial charge in [0, 0.05) is 12.4 Å². The summed E-state index contributed by atoms with van der Waals surface area (Å²) in [5.74, 6) is 0.224. The van der Waals surface area contributed by atoms with Crippen LogP contribution in [-0.4, -0.2) is 52.3 Å². The molecule has 0 saturated carbocycles. The number of nitrogens with zero attached hydrogens (tertiary/aromatic N) is 3. The minimum absolute atomic E-state index is 0.0257. The number of aromatic nitrogens is 3. The van der Waals surface area contributed by atoms with Crippen molar-refractivity contribution in [1.82, 2.24) is 20.5 Å². The number of hydrogen-bond donors (Lipinski definition) is 1. The van der Waals surface area contributed by atoms with Gasteiger partial charge in [-0.2, -0.15) is 0 Å². The highest BCUT2D eigenvalue weighted by atomic mass is 32.2. The maximum atomic E-state index is 12.0. The molecule has 1 amide bonds. The fraction of sp³-hybridized carbons (Fsp3) is 0.429. The van der Waals surface area contributed by atoms with Crippen LogP contribution in [0.1, 0.15) is 13.3 Å². The van der Waals surface area contributed by atoms with Crippen molar-refractivity contribution in [3.63, 3.8) is 0 Å². The number of thioether (sulfide) groups is 1. The van der Waals surface area contributed by atoms with Crippen molar-refractivity contribution in [3.05, 3.63) is 24.5 Å². The van der Waals surface area contributed by atoms with Crippen LogP contribution in [0.25, 0.3) is 11.5 Å². The first-order valence-electron chi connectivity index (χ1n) is 7.23. The Balaban J connectivity index is 1.55. The van der Waals surface area contributed by atoms with Gasteiger partial charge in [0.15, 0.2) is 9.84 Å². The van der Waals surface area contributed by atoms with Crippen LogP contribution in [0, 0.1) is 0 Å². The third-order valence-electron chi connectivity index (χ3n) is 3.59. The van der Waals surface area contributed by atoms with E-state index in [9.17, 15) is 13.2 Å². The Hall–Kier alpha value is -1.94. The van der Waals surface area contributed by atoms with E-state index in [1.807, 2.05) is 0 Å². The van der Waals surface area contributed by atoms with Crippen LogP contribution >= 0.6 is 11.8 Å². The Morgan fingerprint density at radius 1 is 1.46 bits per heavy atom. The largest absolute Gasteiger partial charge is 0.411 e. The van der Waals surface area contributed by atoms with Gasteiger partial charge < -0.3 is 9.73 Å². The van der Waals surface area contributed by atoms with Gasteiger partial charge in [-0.1, -0.05) is 11.8 Å². The van der Waals surface area contributed by atoms with Gasteiger partial charge in [0.2, 0.25) is 11.8 Å². The molecule has 0 aliphatic carbocycles. The molecule has 1 aliphatic heterocycles. The van der Waals surface area contributed by atoms with E-state index in [2.05, 4.69) is 20.5 Å². The molecule has 10 heteroatoms. The molecular weight excluding hydrogens is 352 g/mol. The second-order valence-electron chi connectivity index (χ2n) is 5.85. The van der Waals surface area contributed by atoms with Gasteiger partial charge >= 0.3 is 0 Å². The topological polar surface area (TPSA) is 115 Å². The third kappa shape index (κ3) is 4.12. The molecule has 0 bridgehead atoms. The predicted molar refractivity (Wildman–Crippen MR) is 88.1 cm³/mol. The summed E-state index contributed by atoms with van der Waals surface area (Å²) in [6, 6.07) is 3.55. The van der Waals surface area contributed by atoms with Crippen LogP contribution in [-0.2, 0) is 14.6 Å². The van der Waals surface area contributed by atoms with E-state index in [-0.39, 0.29) is 28.4 Å². The van der Waals surface area contributed by atoms with E-state index in [4.69, 9.17) is 4.42 Å². The van der Waals surface area contributed by atoms with E-state index < -0.39 is 15.4 Å². The minimum Gasteiger partial charge on any atom is -0.411 e. The van der Waals surface area contributed by atoms with Crippen LogP contribution in [0.4, 0.5) is 0 Å². The van der Waals surface area contributed by atoms with Crippen molar-refractivity contribution in [2.75, 3.05) is 17.3 Å². The maximum Gasteiger partial charge on any atom is 0.277 e. The first kappa shape index (κ1) is 16.9. The maximum absolute atomic E-state index is 12.0. The molecule has 2 aromatic heterocycles. The SMILES string of the molecule is C[C@]1(NC(=O)CSc2nnc(-c3cccnc3)o2)CCS(=O)(=O)C1. The summed E-state index contributed by atoms with van der Waals surface area (Å²) in [5, 5.41) is 10.8. The lowest BCUT2D eigenvalue weighted by molar-refractivity contribution is -0.120. The molecule has 24 heavy (non-hydrogen) atoms. The minimum atomic E-state index is -3.06. The van der Waals surface area contributed by atoms with Crippen molar-refractivity contribution in [3.8, 4) is 11.5 Å². The van der Waals surface area contributed by atoms with Gasteiger partial charge in [-0.05, 0) is 25.5 Å². The number of rotatable bonds is 5. The summed E-state index contributed by atoms with van der Waals surface area (Å²) in [5.41, 5.74) is -0.00314. The second kappa shape index (κ2) is 6.52. The molecule has 0 spiro atoms. The number of carbonyl (C=O) groups excluding carboxylic acids is 1. The van der Waals surface area contributed by atoms with Crippen LogP contribution < -0.4 is 5.32 Å². The summed E-state index contributed by atoms with van der Waals surface area (Å²) >= 11 is 1.10. The number of amides is 1. The van der Waals surface area contributed by atoms with Crippen LogP contribution in [0.3, 0.4) is 0 Å². The Labute approximate surface area is 143 Å². The van der Waals surface area contributed by atoms with Crippen LogP contribution in [0.2, 0.25) is 0 Å². The Morgan fingerprint density at radius 2 is 2.29 bits per heavy atom. The van der Waals surface area contributed by atoms with Crippen molar-refractivity contribution in [2.24, 2.45) is 0 Å². The van der Waals surface area contributed by atoms with Crippen LogP contribution in [0.5, 0.6) is 0 Å². The highest BCUT2D eigenvalue weighted by Crippen LogP contribution is 2.24. The zero-order valence-corrected chi connectivity index (χ0v) is 14.6. The lowest BCUT2D eigenvalue weighted by Crippen LogP contribution is -2.47. The van der Waals surface area contributed by atoms with Gasteiger partial charge in [0.1, 0.15) is 0 Å². The number of pyridine rings is 1. The molecule has 3 rings (SSSR count). The zero-order chi connectivity index (χ0) is 17.2. The van der Waals surface area contributed by atoms with Gasteiger partial charge in [0.05, 0.1) is 28.4 Å². The van der Waals surface area contributed by atoms with E-state index in [1.165, 1.54) is 0 Å². The van der Waals surface area contributed by atoms with E-state index in [0.29, 0.717) is 17.9 Å². The summed E-state index contributed by atoms with van der Waals surface area (Å²) in [6.45, 7) is 1.74. The average Bonchev–Trinajstić information content (AvgIpc) is 3.10. The van der Waals surface area contributed by atoms with E-state index >= 15 is 0 Å². The smallest absolute Gasteiger partial charge is 0.277 e. The number of nitrogens with one attached hydrogen (secondary N) is 1. The fourth-order valence-electron chi connectivity index (χ4n) is 2.48. The molecule has 1 N–H and O–H groups in total. The Kier molecular flexibility index (Phi) is 4.59. The average molecular weight is 368 g/mol.